The molecule has 0 spiro atoms. The molecule has 0 aromatic heterocycles. The van der Waals surface area contributed by atoms with E-state index in [1.54, 1.807) is 0 Å². The lowest BCUT2D eigenvalue weighted by Crippen LogP contribution is -2.26. The average molecular weight is 448 g/mol. The predicted octanol–water partition coefficient (Wildman–Crippen LogP) is 3.64. The molecule has 1 aliphatic heterocycles. The van der Waals surface area contributed by atoms with Gasteiger partial charge in [0.1, 0.15) is 16.7 Å². The van der Waals surface area contributed by atoms with Crippen molar-refractivity contribution in [2.24, 2.45) is 10.2 Å². The van der Waals surface area contributed by atoms with Crippen LogP contribution in [0, 0.1) is 0 Å². The topological polar surface area (TPSA) is 100 Å². The molecule has 9 heteroatoms. The summed E-state index contributed by atoms with van der Waals surface area (Å²) < 4.78 is 6.72. The van der Waals surface area contributed by atoms with Crippen molar-refractivity contribution in [2.75, 3.05) is 0 Å². The second-order valence-corrected chi connectivity index (χ2v) is 7.58. The van der Waals surface area contributed by atoms with Crippen LogP contribution < -0.4 is 10.1 Å². The Morgan fingerprint density at radius 1 is 1.19 bits per heavy atom. The quantitative estimate of drug-likeness (QED) is 0.519. The number of carbonyl (C=O) groups excluding carboxylic acids is 1. The number of amidine groups is 1. The Balaban J connectivity index is 1.57. The van der Waals surface area contributed by atoms with Gasteiger partial charge >= 0.3 is 5.97 Å². The van der Waals surface area contributed by atoms with E-state index in [1.807, 2.05) is 48.5 Å². The molecule has 2 N–H and O–H groups in total. The fourth-order valence-corrected chi connectivity index (χ4v) is 3.33. The number of hydrogen-bond donors (Lipinski definition) is 2. The van der Waals surface area contributed by atoms with Gasteiger partial charge in [-0.05, 0) is 54.1 Å². The van der Waals surface area contributed by atoms with Gasteiger partial charge in [0, 0.05) is 4.47 Å². The van der Waals surface area contributed by atoms with E-state index in [-0.39, 0.29) is 17.5 Å². The number of ether oxygens (including phenoxy) is 1. The monoisotopic (exact) mass is 447 g/mol. The molecule has 3 rings (SSSR count). The van der Waals surface area contributed by atoms with Gasteiger partial charge in [-0.3, -0.25) is 9.59 Å². The van der Waals surface area contributed by atoms with Gasteiger partial charge in [-0.1, -0.05) is 27.7 Å². The van der Waals surface area contributed by atoms with Gasteiger partial charge in [0.05, 0.1) is 12.6 Å². The lowest BCUT2D eigenvalue weighted by atomic mass is 10.2. The molecule has 1 heterocycles. The first kappa shape index (κ1) is 19.1. The van der Waals surface area contributed by atoms with Crippen LogP contribution in [0.1, 0.15) is 12.0 Å². The van der Waals surface area contributed by atoms with Crippen molar-refractivity contribution in [3.05, 3.63) is 58.6 Å². The zero-order valence-electron chi connectivity index (χ0n) is 13.8. The van der Waals surface area contributed by atoms with Crippen molar-refractivity contribution in [1.82, 2.24) is 5.32 Å². The standard InChI is InChI=1S/C18H14BrN3O4S/c19-12-3-7-14(8-4-12)26-13-5-1-11(2-6-13)10-20-22-18-21-17(25)15(27-18)9-16(23)24/h1-8,10,15H,9H2,(H,23,24)(H,21,22,25). The zero-order valence-corrected chi connectivity index (χ0v) is 16.2. The summed E-state index contributed by atoms with van der Waals surface area (Å²) in [7, 11) is 0. The molecular formula is C18H14BrN3O4S. The van der Waals surface area contributed by atoms with E-state index in [2.05, 4.69) is 31.4 Å². The van der Waals surface area contributed by atoms with E-state index in [9.17, 15) is 9.59 Å². The number of aliphatic carboxylic acids is 1. The average Bonchev–Trinajstić information content (AvgIpc) is 2.97. The van der Waals surface area contributed by atoms with E-state index in [0.717, 1.165) is 27.5 Å². The number of nitrogens with zero attached hydrogens (tertiary/aromatic N) is 2. The molecule has 1 fully saturated rings. The molecule has 0 aliphatic carbocycles. The Morgan fingerprint density at radius 2 is 1.81 bits per heavy atom. The highest BCUT2D eigenvalue weighted by atomic mass is 79.9. The number of thioether (sulfide) groups is 1. The molecule has 1 atom stereocenters. The Morgan fingerprint density at radius 3 is 2.44 bits per heavy atom. The number of hydrogen-bond acceptors (Lipinski definition) is 6. The van der Waals surface area contributed by atoms with E-state index in [1.165, 1.54) is 6.21 Å². The van der Waals surface area contributed by atoms with Crippen molar-refractivity contribution in [1.29, 1.82) is 0 Å². The second kappa shape index (κ2) is 8.83. The van der Waals surface area contributed by atoms with Crippen molar-refractivity contribution in [2.45, 2.75) is 11.7 Å². The third-order valence-corrected chi connectivity index (χ3v) is 5.02. The van der Waals surface area contributed by atoms with Crippen LogP contribution in [0.25, 0.3) is 0 Å². The summed E-state index contributed by atoms with van der Waals surface area (Å²) in [5, 5.41) is 18.7. The Kier molecular flexibility index (Phi) is 6.25. The van der Waals surface area contributed by atoms with Crippen LogP contribution in [-0.4, -0.2) is 33.6 Å². The van der Waals surface area contributed by atoms with Crippen LogP contribution in [0.3, 0.4) is 0 Å². The molecular weight excluding hydrogens is 434 g/mol. The van der Waals surface area contributed by atoms with Crippen LogP contribution >= 0.6 is 27.7 Å². The summed E-state index contributed by atoms with van der Waals surface area (Å²) in [6.45, 7) is 0. The Bertz CT molecular complexity index is 898. The maximum absolute atomic E-state index is 11.6. The van der Waals surface area contributed by atoms with Crippen LogP contribution in [0.5, 0.6) is 11.5 Å². The number of amides is 1. The first-order chi connectivity index (χ1) is 13.0. The third-order valence-electron chi connectivity index (χ3n) is 3.42. The van der Waals surface area contributed by atoms with Gasteiger partial charge < -0.3 is 15.2 Å². The van der Waals surface area contributed by atoms with Gasteiger partial charge in [-0.2, -0.15) is 5.10 Å². The summed E-state index contributed by atoms with van der Waals surface area (Å²) in [6.07, 6.45) is 1.28. The fraction of sp³-hybridized carbons (Fsp3) is 0.111. The first-order valence-electron chi connectivity index (χ1n) is 7.83. The molecule has 0 saturated carbocycles. The SMILES string of the molecule is O=C(O)CC1SC(=NN=Cc2ccc(Oc3ccc(Br)cc3)cc2)NC1=O. The number of rotatable bonds is 6. The third kappa shape index (κ3) is 5.66. The van der Waals surface area contributed by atoms with Gasteiger partial charge in [0.15, 0.2) is 5.17 Å². The molecule has 0 radical (unpaired) electrons. The minimum Gasteiger partial charge on any atom is -0.481 e. The smallest absolute Gasteiger partial charge is 0.305 e. The summed E-state index contributed by atoms with van der Waals surface area (Å²) in [5.41, 5.74) is 0.805. The predicted molar refractivity (Wildman–Crippen MR) is 107 cm³/mol. The van der Waals surface area contributed by atoms with E-state index in [4.69, 9.17) is 9.84 Å². The minimum absolute atomic E-state index is 0.251. The maximum Gasteiger partial charge on any atom is 0.305 e. The number of halogens is 1. The molecule has 7 nitrogen and oxygen atoms in total. The summed E-state index contributed by atoms with van der Waals surface area (Å²) in [4.78, 5) is 22.3. The lowest BCUT2D eigenvalue weighted by molar-refractivity contribution is -0.138. The Labute approximate surface area is 167 Å². The van der Waals surface area contributed by atoms with Gasteiger partial charge in [0.25, 0.3) is 0 Å². The minimum atomic E-state index is -1.03. The largest absolute Gasteiger partial charge is 0.481 e. The number of carbonyl (C=O) groups is 2. The molecule has 1 saturated heterocycles. The summed E-state index contributed by atoms with van der Waals surface area (Å²) in [5.74, 6) is 0.0236. The van der Waals surface area contributed by atoms with E-state index < -0.39 is 11.2 Å². The maximum atomic E-state index is 11.6. The molecule has 1 unspecified atom stereocenters. The summed E-state index contributed by atoms with van der Waals surface area (Å²) in [6, 6.07) is 14.8. The highest BCUT2D eigenvalue weighted by Gasteiger charge is 2.32. The van der Waals surface area contributed by atoms with E-state index >= 15 is 0 Å². The molecule has 2 aromatic rings. The fourth-order valence-electron chi connectivity index (χ4n) is 2.15. The van der Waals surface area contributed by atoms with Gasteiger partial charge in [0.2, 0.25) is 5.91 Å². The molecule has 1 aliphatic rings. The van der Waals surface area contributed by atoms with Crippen molar-refractivity contribution < 1.29 is 19.4 Å². The molecule has 2 aromatic carbocycles. The highest BCUT2D eigenvalue weighted by molar-refractivity contribution is 9.10. The first-order valence-corrected chi connectivity index (χ1v) is 9.51. The van der Waals surface area contributed by atoms with Crippen molar-refractivity contribution >= 4 is 51.0 Å². The van der Waals surface area contributed by atoms with Crippen molar-refractivity contribution in [3.8, 4) is 11.5 Å². The number of benzene rings is 2. The summed E-state index contributed by atoms with van der Waals surface area (Å²) >= 11 is 4.43. The van der Waals surface area contributed by atoms with Crippen LogP contribution in [-0.2, 0) is 9.59 Å². The highest BCUT2D eigenvalue weighted by Crippen LogP contribution is 2.24. The molecule has 138 valence electrons. The van der Waals surface area contributed by atoms with Crippen LogP contribution in [0.2, 0.25) is 0 Å². The number of carboxylic acids is 1. The molecule has 27 heavy (non-hydrogen) atoms. The van der Waals surface area contributed by atoms with Gasteiger partial charge in [-0.15, -0.1) is 5.10 Å². The molecule has 0 bridgehead atoms. The normalized spacial score (nSPS) is 18.0. The Hall–Kier alpha value is -2.65. The molecule has 1 amide bonds. The van der Waals surface area contributed by atoms with Crippen molar-refractivity contribution in [3.63, 3.8) is 0 Å². The van der Waals surface area contributed by atoms with Gasteiger partial charge in [-0.25, -0.2) is 0 Å². The van der Waals surface area contributed by atoms with E-state index in [0.29, 0.717) is 5.75 Å². The number of carboxylic acid groups (broad SMARTS) is 1. The lowest BCUT2D eigenvalue weighted by Gasteiger charge is -2.05. The van der Waals surface area contributed by atoms with Crippen LogP contribution in [0.4, 0.5) is 0 Å². The van der Waals surface area contributed by atoms with Crippen LogP contribution in [0.15, 0.2) is 63.2 Å². The number of nitrogens with one attached hydrogen (secondary N) is 1. The second-order valence-electron chi connectivity index (χ2n) is 5.47. The zero-order chi connectivity index (χ0) is 19.2.